The molecule has 0 amide bonds. The fourth-order valence-corrected chi connectivity index (χ4v) is 2.25. The minimum Gasteiger partial charge on any atom is -0.337 e. The van der Waals surface area contributed by atoms with Gasteiger partial charge >= 0.3 is 0 Å². The van der Waals surface area contributed by atoms with Crippen LogP contribution in [0.15, 0.2) is 11.2 Å². The summed E-state index contributed by atoms with van der Waals surface area (Å²) in [5, 5.41) is 0.0528. The van der Waals surface area contributed by atoms with Crippen LogP contribution in [0, 0.1) is 6.92 Å². The molecular formula is C8H14ClN3O2S. The van der Waals surface area contributed by atoms with Crippen molar-refractivity contribution in [2.45, 2.75) is 18.4 Å². The summed E-state index contributed by atoms with van der Waals surface area (Å²) in [5.74, 6) is 1.09. The predicted octanol–water partition coefficient (Wildman–Crippen LogP) is 0.636. The molecule has 1 aromatic heterocycles. The zero-order valence-corrected chi connectivity index (χ0v) is 10.3. The van der Waals surface area contributed by atoms with Crippen LogP contribution in [0.3, 0.4) is 0 Å². The largest absolute Gasteiger partial charge is 0.337 e. The van der Waals surface area contributed by atoms with Crippen LogP contribution in [0.4, 0.5) is 0 Å². The van der Waals surface area contributed by atoms with Crippen molar-refractivity contribution in [1.29, 1.82) is 0 Å². The van der Waals surface area contributed by atoms with Crippen LogP contribution < -0.4 is 4.72 Å². The number of rotatable bonds is 5. The van der Waals surface area contributed by atoms with Crippen molar-refractivity contribution in [1.82, 2.24) is 14.3 Å². The Balaban J connectivity index is 2.77. The third-order valence-electron chi connectivity index (χ3n) is 1.96. The van der Waals surface area contributed by atoms with Crippen LogP contribution in [-0.4, -0.2) is 30.4 Å². The number of halogens is 1. The minimum atomic E-state index is -3.47. The Morgan fingerprint density at radius 3 is 2.73 bits per heavy atom. The van der Waals surface area contributed by atoms with E-state index in [2.05, 4.69) is 9.71 Å². The maximum atomic E-state index is 11.6. The lowest BCUT2D eigenvalue weighted by Crippen LogP contribution is -2.25. The molecule has 1 N–H and O–H groups in total. The molecule has 0 radical (unpaired) electrons. The molecule has 0 spiro atoms. The van der Waals surface area contributed by atoms with Crippen molar-refractivity contribution in [3.05, 3.63) is 12.0 Å². The van der Waals surface area contributed by atoms with Crippen molar-refractivity contribution in [3.63, 3.8) is 0 Å². The standard InChI is InChI=1S/C8H14ClN3O2S/c1-7-11-8(6-12(7)2)15(13,14)10-5-3-4-9/h6,10H,3-5H2,1-2H3. The lowest BCUT2D eigenvalue weighted by Gasteiger charge is -2.01. The van der Waals surface area contributed by atoms with Crippen LogP contribution in [0.25, 0.3) is 0 Å². The van der Waals surface area contributed by atoms with Crippen LogP contribution in [-0.2, 0) is 17.1 Å². The number of hydrogen-bond donors (Lipinski definition) is 1. The van der Waals surface area contributed by atoms with Gasteiger partial charge in [-0.1, -0.05) is 0 Å². The summed E-state index contributed by atoms with van der Waals surface area (Å²) in [6.45, 7) is 2.08. The third kappa shape index (κ3) is 3.19. The van der Waals surface area contributed by atoms with E-state index >= 15 is 0 Å². The zero-order valence-electron chi connectivity index (χ0n) is 8.70. The van der Waals surface area contributed by atoms with Crippen molar-refractivity contribution < 1.29 is 8.42 Å². The molecule has 0 unspecified atom stereocenters. The number of alkyl halides is 1. The van der Waals surface area contributed by atoms with Crippen molar-refractivity contribution in [2.75, 3.05) is 12.4 Å². The summed E-state index contributed by atoms with van der Waals surface area (Å²) < 4.78 is 27.4. The third-order valence-corrected chi connectivity index (χ3v) is 3.56. The van der Waals surface area contributed by atoms with E-state index in [0.29, 0.717) is 24.7 Å². The molecular weight excluding hydrogens is 238 g/mol. The Labute approximate surface area is 94.5 Å². The first-order valence-electron chi connectivity index (χ1n) is 4.53. The molecule has 1 aromatic rings. The first-order valence-corrected chi connectivity index (χ1v) is 6.54. The Morgan fingerprint density at radius 1 is 1.60 bits per heavy atom. The van der Waals surface area contributed by atoms with E-state index in [9.17, 15) is 8.42 Å². The molecule has 7 heteroatoms. The first kappa shape index (κ1) is 12.5. The van der Waals surface area contributed by atoms with Crippen molar-refractivity contribution in [2.24, 2.45) is 7.05 Å². The molecule has 0 saturated carbocycles. The van der Waals surface area contributed by atoms with Gasteiger partial charge in [0, 0.05) is 25.7 Å². The molecule has 1 heterocycles. The topological polar surface area (TPSA) is 64.0 Å². The fraction of sp³-hybridized carbons (Fsp3) is 0.625. The second-order valence-corrected chi connectivity index (χ2v) is 5.27. The highest BCUT2D eigenvalue weighted by molar-refractivity contribution is 7.89. The van der Waals surface area contributed by atoms with E-state index in [1.165, 1.54) is 6.20 Å². The molecule has 0 saturated heterocycles. The molecule has 0 fully saturated rings. The van der Waals surface area contributed by atoms with Gasteiger partial charge in [-0.3, -0.25) is 0 Å². The van der Waals surface area contributed by atoms with Gasteiger partial charge in [0.1, 0.15) is 5.82 Å². The van der Waals surface area contributed by atoms with Gasteiger partial charge in [-0.05, 0) is 13.3 Å². The summed E-state index contributed by atoms with van der Waals surface area (Å²) in [5.41, 5.74) is 0. The quantitative estimate of drug-likeness (QED) is 0.617. The summed E-state index contributed by atoms with van der Waals surface area (Å²) in [6, 6.07) is 0. The molecule has 0 aromatic carbocycles. The van der Waals surface area contributed by atoms with E-state index in [-0.39, 0.29) is 5.03 Å². The number of aromatic nitrogens is 2. The van der Waals surface area contributed by atoms with Gasteiger partial charge in [-0.2, -0.15) is 0 Å². The molecule has 0 atom stereocenters. The summed E-state index contributed by atoms with van der Waals surface area (Å²) in [7, 11) is -1.72. The van der Waals surface area contributed by atoms with Gasteiger partial charge in [-0.15, -0.1) is 11.6 Å². The van der Waals surface area contributed by atoms with Crippen LogP contribution >= 0.6 is 11.6 Å². The molecule has 15 heavy (non-hydrogen) atoms. The lowest BCUT2D eigenvalue weighted by molar-refractivity contribution is 0.577. The summed E-state index contributed by atoms with van der Waals surface area (Å²) in [4.78, 5) is 3.94. The van der Waals surface area contributed by atoms with E-state index < -0.39 is 10.0 Å². The lowest BCUT2D eigenvalue weighted by atomic mass is 10.5. The van der Waals surface area contributed by atoms with Gasteiger partial charge < -0.3 is 4.57 Å². The fourth-order valence-electron chi connectivity index (χ4n) is 1.00. The summed E-state index contributed by atoms with van der Waals surface area (Å²) in [6.07, 6.45) is 2.09. The first-order chi connectivity index (χ1) is 6.97. The molecule has 86 valence electrons. The zero-order chi connectivity index (χ0) is 11.5. The molecule has 1 rings (SSSR count). The van der Waals surface area contributed by atoms with Gasteiger partial charge in [0.15, 0.2) is 5.03 Å². The van der Waals surface area contributed by atoms with Gasteiger partial charge in [-0.25, -0.2) is 18.1 Å². The number of nitrogens with zero attached hydrogens (tertiary/aromatic N) is 2. The number of aryl methyl sites for hydroxylation is 2. The minimum absolute atomic E-state index is 0.0528. The normalized spacial score (nSPS) is 11.9. The molecule has 0 aliphatic rings. The van der Waals surface area contributed by atoms with Crippen LogP contribution in [0.2, 0.25) is 0 Å². The van der Waals surface area contributed by atoms with E-state index in [0.717, 1.165) is 0 Å². The van der Waals surface area contributed by atoms with Crippen LogP contribution in [0.5, 0.6) is 0 Å². The Hall–Kier alpha value is -0.590. The Bertz CT molecular complexity index is 408. The maximum Gasteiger partial charge on any atom is 0.259 e. The molecule has 0 bridgehead atoms. The average Bonchev–Trinajstić information content (AvgIpc) is 2.48. The van der Waals surface area contributed by atoms with E-state index in [1.807, 2.05) is 0 Å². The van der Waals surface area contributed by atoms with E-state index in [1.54, 1.807) is 18.5 Å². The molecule has 5 nitrogen and oxygen atoms in total. The second kappa shape index (κ2) is 4.96. The highest BCUT2D eigenvalue weighted by Crippen LogP contribution is 2.07. The number of imidazole rings is 1. The van der Waals surface area contributed by atoms with Crippen LogP contribution in [0.1, 0.15) is 12.2 Å². The van der Waals surface area contributed by atoms with Gasteiger partial charge in [0.25, 0.3) is 10.0 Å². The Kier molecular flexibility index (Phi) is 4.12. The number of hydrogen-bond acceptors (Lipinski definition) is 3. The molecule has 0 aliphatic carbocycles. The number of nitrogens with one attached hydrogen (secondary N) is 1. The second-order valence-electron chi connectivity index (χ2n) is 3.18. The van der Waals surface area contributed by atoms with E-state index in [4.69, 9.17) is 11.6 Å². The van der Waals surface area contributed by atoms with Crippen molar-refractivity contribution in [3.8, 4) is 0 Å². The Morgan fingerprint density at radius 2 is 2.27 bits per heavy atom. The predicted molar refractivity (Wildman–Crippen MR) is 58.5 cm³/mol. The highest BCUT2D eigenvalue weighted by atomic mass is 35.5. The van der Waals surface area contributed by atoms with Gasteiger partial charge in [0.05, 0.1) is 0 Å². The highest BCUT2D eigenvalue weighted by Gasteiger charge is 2.17. The number of sulfonamides is 1. The monoisotopic (exact) mass is 251 g/mol. The smallest absolute Gasteiger partial charge is 0.259 e. The molecule has 0 aliphatic heterocycles. The van der Waals surface area contributed by atoms with Crippen molar-refractivity contribution >= 4 is 21.6 Å². The summed E-state index contributed by atoms with van der Waals surface area (Å²) >= 11 is 5.45. The van der Waals surface area contributed by atoms with Gasteiger partial charge in [0.2, 0.25) is 0 Å². The maximum absolute atomic E-state index is 11.6. The SMILES string of the molecule is Cc1nc(S(=O)(=O)NCCCCl)cn1C. The average molecular weight is 252 g/mol.